The molecule has 2 atom stereocenters. The number of phenols is 1. The molecular formula is C16H17NO3. The maximum Gasteiger partial charge on any atom is 0.166 e. The minimum atomic E-state index is -0.263. The van der Waals surface area contributed by atoms with Crippen LogP contribution in [0.15, 0.2) is 36.1 Å². The largest absolute Gasteiger partial charge is 0.508 e. The molecule has 0 bridgehead atoms. The minimum absolute atomic E-state index is 0.184. The van der Waals surface area contributed by atoms with E-state index in [-0.39, 0.29) is 23.0 Å². The summed E-state index contributed by atoms with van der Waals surface area (Å²) in [4.78, 5) is 2.28. The minimum Gasteiger partial charge on any atom is -0.508 e. The molecule has 0 amide bonds. The molecule has 0 saturated carbocycles. The van der Waals surface area contributed by atoms with E-state index in [2.05, 4.69) is 11.9 Å². The molecule has 1 aliphatic carbocycles. The Morgan fingerprint density at radius 2 is 2.20 bits per heavy atom. The van der Waals surface area contributed by atoms with Gasteiger partial charge in [0.2, 0.25) is 0 Å². The van der Waals surface area contributed by atoms with Crippen molar-refractivity contribution in [1.29, 1.82) is 0 Å². The molecule has 1 aromatic rings. The fourth-order valence-electron chi connectivity index (χ4n) is 3.65. The van der Waals surface area contributed by atoms with Gasteiger partial charge in [-0.1, -0.05) is 12.1 Å². The number of aliphatic hydroxyl groups is 1. The molecule has 0 radical (unpaired) electrons. The number of benzene rings is 1. The predicted molar refractivity (Wildman–Crippen MR) is 75.0 cm³/mol. The third kappa shape index (κ3) is 1.40. The highest BCUT2D eigenvalue weighted by Crippen LogP contribution is 2.54. The van der Waals surface area contributed by atoms with E-state index >= 15 is 0 Å². The Balaban J connectivity index is 1.99. The van der Waals surface area contributed by atoms with Crippen molar-refractivity contribution in [2.24, 2.45) is 0 Å². The first kappa shape index (κ1) is 11.9. The Hall–Kier alpha value is -1.94. The fraction of sp³-hybridized carbons (Fsp3) is 0.375. The molecule has 4 heteroatoms. The molecule has 1 aromatic carbocycles. The van der Waals surface area contributed by atoms with Gasteiger partial charge in [0.25, 0.3) is 0 Å². The van der Waals surface area contributed by atoms with Gasteiger partial charge in [0.05, 0.1) is 5.41 Å². The second-order valence-corrected chi connectivity index (χ2v) is 5.94. The number of rotatable bonds is 0. The van der Waals surface area contributed by atoms with Gasteiger partial charge in [-0.25, -0.2) is 0 Å². The number of hydrogen-bond donors (Lipinski definition) is 2. The first-order valence-corrected chi connectivity index (χ1v) is 6.91. The Bertz CT molecular complexity index is 649. The molecule has 0 aromatic heterocycles. The Morgan fingerprint density at radius 3 is 3.05 bits per heavy atom. The molecule has 0 fully saturated rings. The molecular weight excluding hydrogens is 254 g/mol. The van der Waals surface area contributed by atoms with Gasteiger partial charge in [-0.3, -0.25) is 0 Å². The van der Waals surface area contributed by atoms with Crippen LogP contribution in [-0.4, -0.2) is 34.8 Å². The van der Waals surface area contributed by atoms with Crippen LogP contribution in [0.25, 0.3) is 0 Å². The normalized spacial score (nSPS) is 31.1. The first-order valence-electron chi connectivity index (χ1n) is 6.91. The molecule has 3 aliphatic rings. The van der Waals surface area contributed by atoms with E-state index in [1.54, 1.807) is 18.2 Å². The number of nitrogens with zero attached hydrogens (tertiary/aromatic N) is 1. The molecule has 4 rings (SSSR count). The molecule has 1 unspecified atom stereocenters. The zero-order chi connectivity index (χ0) is 13.9. The van der Waals surface area contributed by atoms with Crippen molar-refractivity contribution >= 4 is 0 Å². The average molecular weight is 271 g/mol. The van der Waals surface area contributed by atoms with E-state index in [4.69, 9.17) is 4.74 Å². The summed E-state index contributed by atoms with van der Waals surface area (Å²) in [6, 6.07) is 3.68. The van der Waals surface area contributed by atoms with Crippen LogP contribution in [0.1, 0.15) is 17.5 Å². The van der Waals surface area contributed by atoms with Crippen molar-refractivity contribution < 1.29 is 14.9 Å². The SMILES string of the molecule is CN1CC[C@@]23C=CC(O)=CC2Oc2c(O)ccc(c23)C1. The number of phenolic OH excluding ortho intramolecular Hbond substituents is 1. The van der Waals surface area contributed by atoms with Crippen molar-refractivity contribution in [2.45, 2.75) is 24.5 Å². The summed E-state index contributed by atoms with van der Waals surface area (Å²) < 4.78 is 5.96. The van der Waals surface area contributed by atoms with Crippen molar-refractivity contribution in [3.05, 3.63) is 47.2 Å². The highest BCUT2D eigenvalue weighted by atomic mass is 16.5. The fourth-order valence-corrected chi connectivity index (χ4v) is 3.65. The lowest BCUT2D eigenvalue weighted by atomic mass is 9.71. The van der Waals surface area contributed by atoms with Gasteiger partial charge >= 0.3 is 0 Å². The van der Waals surface area contributed by atoms with Gasteiger partial charge in [-0.05, 0) is 43.8 Å². The standard InChI is InChI=1S/C16H17NO3/c1-17-7-6-16-5-4-11(18)8-13(16)20-15-12(19)3-2-10(9-17)14(15)16/h2-5,8,13,18-19H,6-7,9H2,1H3/t13?,16-/m0/s1. The highest BCUT2D eigenvalue weighted by molar-refractivity contribution is 5.61. The quantitative estimate of drug-likeness (QED) is 0.760. The van der Waals surface area contributed by atoms with E-state index in [1.165, 1.54) is 5.56 Å². The third-order valence-electron chi connectivity index (χ3n) is 4.66. The first-order chi connectivity index (χ1) is 9.60. The van der Waals surface area contributed by atoms with Crippen LogP contribution < -0.4 is 4.74 Å². The second kappa shape index (κ2) is 3.79. The highest BCUT2D eigenvalue weighted by Gasteiger charge is 2.51. The number of aliphatic hydroxyl groups excluding tert-OH is 1. The van der Waals surface area contributed by atoms with E-state index in [9.17, 15) is 10.2 Å². The van der Waals surface area contributed by atoms with Gasteiger partial charge < -0.3 is 19.8 Å². The number of aromatic hydroxyl groups is 1. The van der Waals surface area contributed by atoms with Crippen LogP contribution in [0.3, 0.4) is 0 Å². The van der Waals surface area contributed by atoms with E-state index in [0.717, 1.165) is 25.1 Å². The summed E-state index contributed by atoms with van der Waals surface area (Å²) >= 11 is 0. The molecule has 0 saturated heterocycles. The second-order valence-electron chi connectivity index (χ2n) is 5.94. The van der Waals surface area contributed by atoms with E-state index in [0.29, 0.717) is 5.75 Å². The topological polar surface area (TPSA) is 52.9 Å². The van der Waals surface area contributed by atoms with Crippen LogP contribution >= 0.6 is 0 Å². The number of ether oxygens (including phenoxy) is 1. The lowest BCUT2D eigenvalue weighted by Crippen LogP contribution is -2.38. The maximum atomic E-state index is 10.1. The van der Waals surface area contributed by atoms with Gasteiger partial charge in [-0.15, -0.1) is 0 Å². The van der Waals surface area contributed by atoms with E-state index < -0.39 is 0 Å². The third-order valence-corrected chi connectivity index (χ3v) is 4.66. The van der Waals surface area contributed by atoms with E-state index in [1.807, 2.05) is 12.1 Å². The molecule has 2 aliphatic heterocycles. The lowest BCUT2D eigenvalue weighted by molar-refractivity contribution is 0.188. The zero-order valence-corrected chi connectivity index (χ0v) is 11.3. The van der Waals surface area contributed by atoms with Gasteiger partial charge in [0.15, 0.2) is 11.5 Å². The molecule has 20 heavy (non-hydrogen) atoms. The summed E-state index contributed by atoms with van der Waals surface area (Å²) in [5, 5.41) is 19.9. The number of allylic oxidation sites excluding steroid dienone is 1. The summed E-state index contributed by atoms with van der Waals surface area (Å²) in [6.45, 7) is 1.80. The summed E-state index contributed by atoms with van der Waals surface area (Å²) in [5.74, 6) is 0.994. The Labute approximate surface area is 117 Å². The smallest absolute Gasteiger partial charge is 0.166 e. The summed E-state index contributed by atoms with van der Waals surface area (Å²) in [6.07, 6.45) is 6.21. The summed E-state index contributed by atoms with van der Waals surface area (Å²) in [5.41, 5.74) is 2.02. The Kier molecular flexibility index (Phi) is 2.25. The molecule has 104 valence electrons. The van der Waals surface area contributed by atoms with Gasteiger partial charge in [-0.2, -0.15) is 0 Å². The van der Waals surface area contributed by atoms with Crippen molar-refractivity contribution in [3.8, 4) is 11.5 Å². The Morgan fingerprint density at radius 1 is 1.35 bits per heavy atom. The van der Waals surface area contributed by atoms with Gasteiger partial charge in [0, 0.05) is 12.1 Å². The van der Waals surface area contributed by atoms with Crippen molar-refractivity contribution in [3.63, 3.8) is 0 Å². The van der Waals surface area contributed by atoms with Gasteiger partial charge in [0.1, 0.15) is 11.9 Å². The monoisotopic (exact) mass is 271 g/mol. The molecule has 4 nitrogen and oxygen atoms in total. The van der Waals surface area contributed by atoms with Crippen LogP contribution in [0.2, 0.25) is 0 Å². The van der Waals surface area contributed by atoms with Crippen molar-refractivity contribution in [2.75, 3.05) is 13.6 Å². The lowest BCUT2D eigenvalue weighted by Gasteiger charge is -2.32. The molecule has 2 N–H and O–H groups in total. The molecule has 2 heterocycles. The maximum absolute atomic E-state index is 10.1. The molecule has 1 spiro atoms. The van der Waals surface area contributed by atoms with Crippen LogP contribution in [0.5, 0.6) is 11.5 Å². The zero-order valence-electron chi connectivity index (χ0n) is 11.3. The van der Waals surface area contributed by atoms with Crippen molar-refractivity contribution in [1.82, 2.24) is 4.90 Å². The average Bonchev–Trinajstić information content (AvgIpc) is 2.68. The number of hydrogen-bond acceptors (Lipinski definition) is 4. The van der Waals surface area contributed by atoms with Crippen LogP contribution in [0, 0.1) is 0 Å². The van der Waals surface area contributed by atoms with Crippen LogP contribution in [-0.2, 0) is 12.0 Å². The summed E-state index contributed by atoms with van der Waals surface area (Å²) in [7, 11) is 2.10. The predicted octanol–water partition coefficient (Wildman–Crippen LogP) is 2.24. The van der Waals surface area contributed by atoms with Crippen LogP contribution in [0.4, 0.5) is 0 Å².